The maximum Gasteiger partial charge on any atom is 0.129 e. The summed E-state index contributed by atoms with van der Waals surface area (Å²) in [5.74, 6) is 0.261. The predicted molar refractivity (Wildman–Crippen MR) is 73.5 cm³/mol. The van der Waals surface area contributed by atoms with Gasteiger partial charge < -0.3 is 5.11 Å². The van der Waals surface area contributed by atoms with Crippen molar-refractivity contribution >= 4 is 0 Å². The van der Waals surface area contributed by atoms with Gasteiger partial charge in [0, 0.05) is 5.56 Å². The van der Waals surface area contributed by atoms with Gasteiger partial charge in [0.2, 0.25) is 0 Å². The summed E-state index contributed by atoms with van der Waals surface area (Å²) in [6.45, 7) is 0. The Labute approximate surface area is 112 Å². The Morgan fingerprint density at radius 2 is 1.84 bits per heavy atom. The molecular formula is C17H17FO. The molecule has 0 radical (unpaired) electrons. The first kappa shape index (κ1) is 12.4. The third-order valence-corrected chi connectivity index (χ3v) is 4.00. The van der Waals surface area contributed by atoms with Crippen molar-refractivity contribution in [2.75, 3.05) is 0 Å². The molecule has 0 amide bonds. The zero-order chi connectivity index (χ0) is 13.2. The Morgan fingerprint density at radius 1 is 1.05 bits per heavy atom. The van der Waals surface area contributed by atoms with E-state index in [1.165, 1.54) is 30.9 Å². The van der Waals surface area contributed by atoms with Crippen LogP contribution >= 0.6 is 0 Å². The van der Waals surface area contributed by atoms with E-state index < -0.39 is 6.10 Å². The van der Waals surface area contributed by atoms with E-state index in [-0.39, 0.29) is 5.82 Å². The highest BCUT2D eigenvalue weighted by Gasteiger charge is 2.21. The summed E-state index contributed by atoms with van der Waals surface area (Å²) in [6, 6.07) is 14.3. The molecule has 0 bridgehead atoms. The van der Waals surface area contributed by atoms with Crippen molar-refractivity contribution in [3.63, 3.8) is 0 Å². The van der Waals surface area contributed by atoms with Crippen molar-refractivity contribution in [2.45, 2.75) is 31.3 Å². The molecule has 1 N–H and O–H groups in total. The Balaban J connectivity index is 1.91. The Kier molecular flexibility index (Phi) is 3.34. The monoisotopic (exact) mass is 256 g/mol. The Hall–Kier alpha value is -1.67. The quantitative estimate of drug-likeness (QED) is 0.873. The highest BCUT2D eigenvalue weighted by Crippen LogP contribution is 2.37. The summed E-state index contributed by atoms with van der Waals surface area (Å²) in [7, 11) is 0. The third kappa shape index (κ3) is 2.41. The number of halogens is 1. The van der Waals surface area contributed by atoms with Crippen LogP contribution in [0.3, 0.4) is 0 Å². The molecule has 0 aromatic heterocycles. The van der Waals surface area contributed by atoms with Crippen LogP contribution in [0.15, 0.2) is 48.5 Å². The molecule has 2 aromatic rings. The number of aliphatic hydroxyl groups is 1. The lowest BCUT2D eigenvalue weighted by molar-refractivity contribution is 0.214. The molecule has 19 heavy (non-hydrogen) atoms. The lowest BCUT2D eigenvalue weighted by atomic mass is 9.79. The lowest BCUT2D eigenvalue weighted by Gasteiger charge is -2.26. The molecule has 0 aliphatic heterocycles. The van der Waals surface area contributed by atoms with Gasteiger partial charge in [0.15, 0.2) is 0 Å². The van der Waals surface area contributed by atoms with Crippen LogP contribution in [0.2, 0.25) is 0 Å². The number of hydrogen-bond donors (Lipinski definition) is 1. The number of rotatable bonds is 3. The smallest absolute Gasteiger partial charge is 0.129 e. The summed E-state index contributed by atoms with van der Waals surface area (Å²) in [5.41, 5.74) is 2.38. The van der Waals surface area contributed by atoms with Gasteiger partial charge >= 0.3 is 0 Å². The fourth-order valence-corrected chi connectivity index (χ4v) is 2.60. The Bertz CT molecular complexity index is 575. The second-order valence-electron chi connectivity index (χ2n) is 5.22. The van der Waals surface area contributed by atoms with Gasteiger partial charge in [-0.15, -0.1) is 0 Å². The first-order valence-corrected chi connectivity index (χ1v) is 6.78. The highest BCUT2D eigenvalue weighted by molar-refractivity contribution is 5.35. The minimum absolute atomic E-state index is 0.341. The summed E-state index contributed by atoms with van der Waals surface area (Å²) >= 11 is 0. The molecule has 98 valence electrons. The van der Waals surface area contributed by atoms with Crippen molar-refractivity contribution < 1.29 is 9.50 Å². The van der Waals surface area contributed by atoms with E-state index in [1.54, 1.807) is 18.2 Å². The molecule has 1 saturated carbocycles. The van der Waals surface area contributed by atoms with Crippen LogP contribution in [0.4, 0.5) is 4.39 Å². The number of aliphatic hydroxyl groups excluding tert-OH is 1. The van der Waals surface area contributed by atoms with Crippen LogP contribution in [0.1, 0.15) is 48.0 Å². The van der Waals surface area contributed by atoms with E-state index >= 15 is 0 Å². The van der Waals surface area contributed by atoms with Crippen LogP contribution in [-0.4, -0.2) is 5.11 Å². The van der Waals surface area contributed by atoms with Crippen molar-refractivity contribution in [3.8, 4) is 0 Å². The van der Waals surface area contributed by atoms with Gasteiger partial charge in [-0.2, -0.15) is 0 Å². The van der Waals surface area contributed by atoms with E-state index in [9.17, 15) is 9.50 Å². The summed E-state index contributed by atoms with van der Waals surface area (Å²) in [6.07, 6.45) is 2.84. The number of hydrogen-bond acceptors (Lipinski definition) is 1. The van der Waals surface area contributed by atoms with Gasteiger partial charge in [-0.25, -0.2) is 4.39 Å². The molecule has 1 aliphatic carbocycles. The SMILES string of the molecule is OC(c1cccc(C2CCC2)c1)c1ccccc1F. The van der Waals surface area contributed by atoms with E-state index in [0.717, 1.165) is 5.56 Å². The van der Waals surface area contributed by atoms with Crippen LogP contribution in [0.25, 0.3) is 0 Å². The second-order valence-corrected chi connectivity index (χ2v) is 5.22. The fourth-order valence-electron chi connectivity index (χ4n) is 2.60. The zero-order valence-electron chi connectivity index (χ0n) is 10.7. The van der Waals surface area contributed by atoms with Crippen molar-refractivity contribution in [1.82, 2.24) is 0 Å². The molecular weight excluding hydrogens is 239 g/mol. The topological polar surface area (TPSA) is 20.2 Å². The molecule has 2 heteroatoms. The van der Waals surface area contributed by atoms with Crippen LogP contribution in [0.5, 0.6) is 0 Å². The maximum absolute atomic E-state index is 13.7. The molecule has 1 nitrogen and oxygen atoms in total. The molecule has 2 aromatic carbocycles. The predicted octanol–water partition coefficient (Wildman–Crippen LogP) is 4.17. The molecule has 0 saturated heterocycles. The molecule has 1 fully saturated rings. The minimum atomic E-state index is -0.888. The Morgan fingerprint density at radius 3 is 2.53 bits per heavy atom. The molecule has 3 rings (SSSR count). The van der Waals surface area contributed by atoms with Gasteiger partial charge in [0.05, 0.1) is 0 Å². The van der Waals surface area contributed by atoms with Crippen LogP contribution < -0.4 is 0 Å². The standard InChI is InChI=1S/C17H17FO/c18-16-10-2-1-9-15(16)17(19)14-8-4-7-13(11-14)12-5-3-6-12/h1-2,4,7-12,17,19H,3,5-6H2. The van der Waals surface area contributed by atoms with Gasteiger partial charge in [-0.3, -0.25) is 0 Å². The summed E-state index contributed by atoms with van der Waals surface area (Å²) < 4.78 is 13.7. The second kappa shape index (κ2) is 5.14. The van der Waals surface area contributed by atoms with Crippen molar-refractivity contribution in [3.05, 3.63) is 71.0 Å². The van der Waals surface area contributed by atoms with Crippen LogP contribution in [0, 0.1) is 5.82 Å². The van der Waals surface area contributed by atoms with Gasteiger partial charge in [0.25, 0.3) is 0 Å². The van der Waals surface area contributed by atoms with E-state index in [4.69, 9.17) is 0 Å². The van der Waals surface area contributed by atoms with E-state index in [2.05, 4.69) is 6.07 Å². The van der Waals surface area contributed by atoms with Gasteiger partial charge in [-0.05, 0) is 36.0 Å². The summed E-state index contributed by atoms with van der Waals surface area (Å²) in [5, 5.41) is 10.3. The molecule has 0 spiro atoms. The largest absolute Gasteiger partial charge is 0.384 e. The van der Waals surface area contributed by atoms with Crippen LogP contribution in [-0.2, 0) is 0 Å². The molecule has 1 aliphatic rings. The maximum atomic E-state index is 13.7. The van der Waals surface area contributed by atoms with E-state index in [1.807, 2.05) is 18.2 Å². The molecule has 1 atom stereocenters. The molecule has 1 unspecified atom stereocenters. The van der Waals surface area contributed by atoms with E-state index in [0.29, 0.717) is 11.5 Å². The fraction of sp³-hybridized carbons (Fsp3) is 0.294. The summed E-state index contributed by atoms with van der Waals surface area (Å²) in [4.78, 5) is 0. The van der Waals surface area contributed by atoms with Crippen molar-refractivity contribution in [1.29, 1.82) is 0 Å². The van der Waals surface area contributed by atoms with Gasteiger partial charge in [-0.1, -0.05) is 48.9 Å². The highest BCUT2D eigenvalue weighted by atomic mass is 19.1. The first-order chi connectivity index (χ1) is 9.25. The number of benzene rings is 2. The van der Waals surface area contributed by atoms with Gasteiger partial charge in [0.1, 0.15) is 11.9 Å². The first-order valence-electron chi connectivity index (χ1n) is 6.78. The normalized spacial score (nSPS) is 16.9. The third-order valence-electron chi connectivity index (χ3n) is 4.00. The lowest BCUT2D eigenvalue weighted by Crippen LogP contribution is -2.10. The van der Waals surface area contributed by atoms with Crippen molar-refractivity contribution in [2.24, 2.45) is 0 Å². The minimum Gasteiger partial charge on any atom is -0.384 e. The zero-order valence-corrected chi connectivity index (χ0v) is 10.7. The average Bonchev–Trinajstić information content (AvgIpc) is 2.37. The average molecular weight is 256 g/mol. The molecule has 0 heterocycles.